The van der Waals surface area contributed by atoms with Gasteiger partial charge in [-0.15, -0.1) is 16.9 Å². The molecule has 0 fully saturated rings. The maximum atomic E-state index is 6.09. The highest BCUT2D eigenvalue weighted by Gasteiger charge is 2.12. The Bertz CT molecular complexity index is 1090. The standard InChI is InChI=1S/C22H17ClN2OS/c1-26-21-12-17(23)7-9-20(21)22-19-10-8-18(11-16(19)13-24-25-22)27-14-15-5-3-2-4-6-15/h2-13H,14H2,1H3. The van der Waals surface area contributed by atoms with Crippen molar-refractivity contribution in [2.75, 3.05) is 7.11 Å². The number of methoxy groups -OCH3 is 1. The molecule has 3 nitrogen and oxygen atoms in total. The normalized spacial score (nSPS) is 10.9. The van der Waals surface area contributed by atoms with Crippen molar-refractivity contribution in [3.63, 3.8) is 0 Å². The Kier molecular flexibility index (Phi) is 5.28. The Labute approximate surface area is 167 Å². The van der Waals surface area contributed by atoms with Crippen LogP contribution in [-0.2, 0) is 5.75 Å². The van der Waals surface area contributed by atoms with Gasteiger partial charge in [0.05, 0.1) is 13.3 Å². The summed E-state index contributed by atoms with van der Waals surface area (Å²) in [4.78, 5) is 1.20. The van der Waals surface area contributed by atoms with E-state index in [2.05, 4.69) is 52.7 Å². The maximum absolute atomic E-state index is 6.09. The van der Waals surface area contributed by atoms with Crippen LogP contribution < -0.4 is 4.74 Å². The molecular formula is C22H17ClN2OS. The number of hydrogen-bond acceptors (Lipinski definition) is 4. The lowest BCUT2D eigenvalue weighted by molar-refractivity contribution is 0.416. The number of fused-ring (bicyclic) bond motifs is 1. The van der Waals surface area contributed by atoms with Gasteiger partial charge in [0.25, 0.3) is 0 Å². The number of benzene rings is 3. The third-order valence-corrected chi connectivity index (χ3v) is 5.60. The third kappa shape index (κ3) is 3.92. The van der Waals surface area contributed by atoms with Crippen LogP contribution in [0, 0.1) is 0 Å². The molecule has 134 valence electrons. The molecule has 0 bridgehead atoms. The Morgan fingerprint density at radius 3 is 2.67 bits per heavy atom. The summed E-state index contributed by atoms with van der Waals surface area (Å²) in [6.45, 7) is 0. The number of halogens is 1. The summed E-state index contributed by atoms with van der Waals surface area (Å²) in [5.41, 5.74) is 2.98. The van der Waals surface area contributed by atoms with Gasteiger partial charge >= 0.3 is 0 Å². The summed E-state index contributed by atoms with van der Waals surface area (Å²) in [5.74, 6) is 1.62. The van der Waals surface area contributed by atoms with Gasteiger partial charge in [-0.3, -0.25) is 0 Å². The Morgan fingerprint density at radius 2 is 1.85 bits per heavy atom. The van der Waals surface area contributed by atoms with E-state index in [1.807, 2.05) is 30.0 Å². The number of ether oxygens (including phenoxy) is 1. The number of thioether (sulfide) groups is 1. The van der Waals surface area contributed by atoms with Crippen molar-refractivity contribution in [2.24, 2.45) is 0 Å². The van der Waals surface area contributed by atoms with Crippen molar-refractivity contribution in [2.45, 2.75) is 10.6 Å². The SMILES string of the molecule is COc1cc(Cl)ccc1-c1nncc2cc(SCc3ccccc3)ccc12. The van der Waals surface area contributed by atoms with E-state index in [0.717, 1.165) is 27.8 Å². The third-order valence-electron chi connectivity index (χ3n) is 4.30. The Hall–Kier alpha value is -2.56. The minimum atomic E-state index is 0.628. The van der Waals surface area contributed by atoms with Gasteiger partial charge in [-0.25, -0.2) is 0 Å². The van der Waals surface area contributed by atoms with Crippen molar-refractivity contribution in [1.29, 1.82) is 0 Å². The highest BCUT2D eigenvalue weighted by Crippen LogP contribution is 2.36. The molecule has 0 unspecified atom stereocenters. The van der Waals surface area contributed by atoms with Crippen LogP contribution in [0.2, 0.25) is 5.02 Å². The zero-order valence-corrected chi connectivity index (χ0v) is 16.3. The van der Waals surface area contributed by atoms with E-state index in [9.17, 15) is 0 Å². The second-order valence-corrected chi connectivity index (χ2v) is 7.55. The van der Waals surface area contributed by atoms with Crippen LogP contribution >= 0.6 is 23.4 Å². The average Bonchev–Trinajstić information content (AvgIpc) is 2.72. The first-order valence-electron chi connectivity index (χ1n) is 8.50. The van der Waals surface area contributed by atoms with E-state index < -0.39 is 0 Å². The molecule has 1 aromatic heterocycles. The fraction of sp³-hybridized carbons (Fsp3) is 0.0909. The first-order valence-corrected chi connectivity index (χ1v) is 9.87. The molecule has 0 saturated carbocycles. The largest absolute Gasteiger partial charge is 0.496 e. The van der Waals surface area contributed by atoms with Crippen molar-refractivity contribution in [3.05, 3.63) is 83.5 Å². The molecule has 27 heavy (non-hydrogen) atoms. The van der Waals surface area contributed by atoms with E-state index in [4.69, 9.17) is 16.3 Å². The summed E-state index contributed by atoms with van der Waals surface area (Å²) in [7, 11) is 1.63. The minimum absolute atomic E-state index is 0.628. The summed E-state index contributed by atoms with van der Waals surface area (Å²) < 4.78 is 5.48. The van der Waals surface area contributed by atoms with E-state index in [-0.39, 0.29) is 0 Å². The average molecular weight is 393 g/mol. The fourth-order valence-electron chi connectivity index (χ4n) is 2.96. The van der Waals surface area contributed by atoms with E-state index in [1.54, 1.807) is 19.4 Å². The number of hydrogen-bond donors (Lipinski definition) is 0. The molecule has 0 amide bonds. The van der Waals surface area contributed by atoms with E-state index >= 15 is 0 Å². The molecule has 1 heterocycles. The molecule has 0 spiro atoms. The summed E-state index contributed by atoms with van der Waals surface area (Å²) in [5, 5.41) is 11.3. The van der Waals surface area contributed by atoms with Crippen molar-refractivity contribution >= 4 is 34.1 Å². The second kappa shape index (κ2) is 7.99. The summed E-state index contributed by atoms with van der Waals surface area (Å²) in [6.07, 6.45) is 1.80. The topological polar surface area (TPSA) is 35.0 Å². The van der Waals surface area contributed by atoms with Crippen molar-refractivity contribution < 1.29 is 4.74 Å². The van der Waals surface area contributed by atoms with Crippen LogP contribution in [0.1, 0.15) is 5.56 Å². The quantitative estimate of drug-likeness (QED) is 0.376. The first kappa shape index (κ1) is 17.8. The molecule has 0 aliphatic rings. The van der Waals surface area contributed by atoms with Gasteiger partial charge in [0.15, 0.2) is 0 Å². The van der Waals surface area contributed by atoms with Gasteiger partial charge in [0, 0.05) is 32.0 Å². The lowest BCUT2D eigenvalue weighted by Gasteiger charge is -2.11. The van der Waals surface area contributed by atoms with Crippen LogP contribution in [0.4, 0.5) is 0 Å². The Balaban J connectivity index is 1.68. The molecule has 0 saturated heterocycles. The summed E-state index contributed by atoms with van der Waals surface area (Å²) >= 11 is 7.90. The smallest absolute Gasteiger partial charge is 0.129 e. The van der Waals surface area contributed by atoms with Crippen LogP contribution in [0.3, 0.4) is 0 Å². The van der Waals surface area contributed by atoms with Gasteiger partial charge in [-0.1, -0.05) is 48.0 Å². The van der Waals surface area contributed by atoms with E-state index in [0.29, 0.717) is 10.8 Å². The monoisotopic (exact) mass is 392 g/mol. The molecule has 0 N–H and O–H groups in total. The second-order valence-electron chi connectivity index (χ2n) is 6.06. The zero-order chi connectivity index (χ0) is 18.6. The highest BCUT2D eigenvalue weighted by atomic mass is 35.5. The molecule has 0 aliphatic heterocycles. The van der Waals surface area contributed by atoms with Gasteiger partial charge in [0.1, 0.15) is 11.4 Å². The van der Waals surface area contributed by atoms with Gasteiger partial charge < -0.3 is 4.74 Å². The van der Waals surface area contributed by atoms with Gasteiger partial charge in [0.2, 0.25) is 0 Å². The summed E-state index contributed by atoms with van der Waals surface area (Å²) in [6, 6.07) is 22.4. The zero-order valence-electron chi connectivity index (χ0n) is 14.7. The van der Waals surface area contributed by atoms with Crippen LogP contribution in [0.15, 0.2) is 77.8 Å². The maximum Gasteiger partial charge on any atom is 0.129 e. The molecule has 3 aromatic carbocycles. The highest BCUT2D eigenvalue weighted by molar-refractivity contribution is 7.98. The van der Waals surface area contributed by atoms with Crippen molar-refractivity contribution in [1.82, 2.24) is 10.2 Å². The number of rotatable bonds is 5. The molecule has 0 radical (unpaired) electrons. The lowest BCUT2D eigenvalue weighted by atomic mass is 10.0. The Morgan fingerprint density at radius 1 is 1.00 bits per heavy atom. The molecule has 0 aliphatic carbocycles. The fourth-order valence-corrected chi connectivity index (χ4v) is 4.02. The predicted octanol–water partition coefficient (Wildman–Crippen LogP) is 6.25. The molecular weight excluding hydrogens is 376 g/mol. The van der Waals surface area contributed by atoms with Gasteiger partial charge in [-0.2, -0.15) is 5.10 Å². The van der Waals surface area contributed by atoms with Crippen LogP contribution in [-0.4, -0.2) is 17.3 Å². The predicted molar refractivity (Wildman–Crippen MR) is 113 cm³/mol. The molecule has 5 heteroatoms. The van der Waals surface area contributed by atoms with Crippen LogP contribution in [0.5, 0.6) is 5.75 Å². The number of aromatic nitrogens is 2. The molecule has 0 atom stereocenters. The number of nitrogens with zero attached hydrogens (tertiary/aromatic N) is 2. The van der Waals surface area contributed by atoms with E-state index in [1.165, 1.54) is 10.5 Å². The van der Waals surface area contributed by atoms with Crippen molar-refractivity contribution in [3.8, 4) is 17.0 Å². The van der Waals surface area contributed by atoms with Gasteiger partial charge in [-0.05, 0) is 35.9 Å². The van der Waals surface area contributed by atoms with Crippen LogP contribution in [0.25, 0.3) is 22.0 Å². The first-order chi connectivity index (χ1) is 13.2. The molecule has 4 rings (SSSR count). The molecule has 4 aromatic rings. The lowest BCUT2D eigenvalue weighted by Crippen LogP contribution is -1.93. The minimum Gasteiger partial charge on any atom is -0.496 e.